The summed E-state index contributed by atoms with van der Waals surface area (Å²) >= 11 is 0. The molecule has 7 nitrogen and oxygen atoms in total. The van der Waals surface area contributed by atoms with Crippen molar-refractivity contribution < 1.29 is 19.2 Å². The number of carbonyl (C=O) groups is 2. The molecule has 0 fully saturated rings. The Hall–Kier alpha value is -2.44. The van der Waals surface area contributed by atoms with Crippen molar-refractivity contribution >= 4 is 17.6 Å². The van der Waals surface area contributed by atoms with Crippen LogP contribution in [0.5, 0.6) is 0 Å². The number of nitro groups is 1. The quantitative estimate of drug-likeness (QED) is 0.491. The van der Waals surface area contributed by atoms with E-state index in [1.54, 1.807) is 6.92 Å². The van der Waals surface area contributed by atoms with Crippen LogP contribution in [0.2, 0.25) is 0 Å². The van der Waals surface area contributed by atoms with E-state index in [9.17, 15) is 19.7 Å². The van der Waals surface area contributed by atoms with E-state index in [4.69, 9.17) is 4.74 Å². The van der Waals surface area contributed by atoms with Gasteiger partial charge in [0.15, 0.2) is 6.61 Å². The minimum Gasteiger partial charge on any atom is -0.452 e. The third-order valence-corrected chi connectivity index (χ3v) is 3.00. The van der Waals surface area contributed by atoms with Crippen LogP contribution in [0.1, 0.15) is 36.2 Å². The van der Waals surface area contributed by atoms with E-state index in [0.717, 1.165) is 12.5 Å². The second-order valence-corrected chi connectivity index (χ2v) is 4.71. The molecular formula is C14H18N2O5. The van der Waals surface area contributed by atoms with E-state index in [1.165, 1.54) is 12.1 Å². The summed E-state index contributed by atoms with van der Waals surface area (Å²) in [4.78, 5) is 33.5. The number of nitrogens with one attached hydrogen (secondary N) is 1. The molecule has 1 amide bonds. The lowest BCUT2D eigenvalue weighted by molar-refractivity contribution is -0.385. The van der Waals surface area contributed by atoms with Crippen LogP contribution in [0.25, 0.3) is 0 Å². The first-order valence-corrected chi connectivity index (χ1v) is 6.56. The average molecular weight is 294 g/mol. The fraction of sp³-hybridized carbons (Fsp3) is 0.429. The molecule has 0 unspecified atom stereocenters. The first-order valence-electron chi connectivity index (χ1n) is 6.56. The summed E-state index contributed by atoms with van der Waals surface area (Å²) in [6.45, 7) is 4.92. The Morgan fingerprint density at radius 3 is 2.67 bits per heavy atom. The Bertz CT molecular complexity index is 556. The van der Waals surface area contributed by atoms with Crippen molar-refractivity contribution in [3.8, 4) is 0 Å². The highest BCUT2D eigenvalue weighted by Gasteiger charge is 2.17. The maximum atomic E-state index is 11.8. The van der Waals surface area contributed by atoms with Crippen LogP contribution in [-0.4, -0.2) is 29.4 Å². The molecule has 1 rings (SSSR count). The molecule has 7 heteroatoms. The van der Waals surface area contributed by atoms with Crippen LogP contribution in [-0.2, 0) is 9.53 Å². The molecule has 114 valence electrons. The van der Waals surface area contributed by atoms with Crippen LogP contribution >= 0.6 is 0 Å². The molecule has 0 aliphatic rings. The van der Waals surface area contributed by atoms with Crippen molar-refractivity contribution in [2.24, 2.45) is 0 Å². The lowest BCUT2D eigenvalue weighted by atomic mass is 10.1. The first kappa shape index (κ1) is 16.6. The number of carbonyl (C=O) groups excluding carboxylic acids is 2. The van der Waals surface area contributed by atoms with Crippen molar-refractivity contribution in [3.05, 3.63) is 39.4 Å². The monoisotopic (exact) mass is 294 g/mol. The summed E-state index contributed by atoms with van der Waals surface area (Å²) in [6, 6.07) is 4.03. The van der Waals surface area contributed by atoms with Gasteiger partial charge in [0, 0.05) is 17.7 Å². The highest BCUT2D eigenvalue weighted by molar-refractivity contribution is 5.92. The largest absolute Gasteiger partial charge is 0.452 e. The Labute approximate surface area is 122 Å². The smallest absolute Gasteiger partial charge is 0.338 e. The Balaban J connectivity index is 2.66. The topological polar surface area (TPSA) is 98.5 Å². The highest BCUT2D eigenvalue weighted by Crippen LogP contribution is 2.19. The highest BCUT2D eigenvalue weighted by atomic mass is 16.6. The summed E-state index contributed by atoms with van der Waals surface area (Å²) in [7, 11) is 0. The second kappa shape index (κ2) is 7.37. The lowest BCUT2D eigenvalue weighted by Crippen LogP contribution is -2.35. The van der Waals surface area contributed by atoms with E-state index >= 15 is 0 Å². The fourth-order valence-corrected chi connectivity index (χ4v) is 1.57. The summed E-state index contributed by atoms with van der Waals surface area (Å²) in [5, 5.41) is 13.5. The van der Waals surface area contributed by atoms with Crippen molar-refractivity contribution in [3.63, 3.8) is 0 Å². The average Bonchev–Trinajstić information content (AvgIpc) is 2.44. The van der Waals surface area contributed by atoms with Crippen LogP contribution in [0.3, 0.4) is 0 Å². The summed E-state index contributed by atoms with van der Waals surface area (Å²) in [5.74, 6) is -1.17. The van der Waals surface area contributed by atoms with Crippen LogP contribution < -0.4 is 5.32 Å². The van der Waals surface area contributed by atoms with Crippen molar-refractivity contribution in [1.82, 2.24) is 5.32 Å². The molecule has 21 heavy (non-hydrogen) atoms. The van der Waals surface area contributed by atoms with Gasteiger partial charge < -0.3 is 10.1 Å². The van der Waals surface area contributed by atoms with Gasteiger partial charge in [-0.2, -0.15) is 0 Å². The number of nitro benzene ring substituents is 1. The minimum absolute atomic E-state index is 0.00309. The number of hydrogen-bond acceptors (Lipinski definition) is 5. The van der Waals surface area contributed by atoms with Gasteiger partial charge in [-0.25, -0.2) is 4.79 Å². The number of aryl methyl sites for hydroxylation is 1. The number of hydrogen-bond donors (Lipinski definition) is 1. The molecule has 1 aromatic rings. The third-order valence-electron chi connectivity index (χ3n) is 3.00. The molecular weight excluding hydrogens is 276 g/mol. The molecule has 0 aromatic heterocycles. The van der Waals surface area contributed by atoms with Gasteiger partial charge in [-0.05, 0) is 26.3 Å². The minimum atomic E-state index is -0.766. The van der Waals surface area contributed by atoms with Crippen molar-refractivity contribution in [2.75, 3.05) is 6.61 Å². The van der Waals surface area contributed by atoms with Gasteiger partial charge in [0.05, 0.1) is 10.5 Å². The predicted molar refractivity (Wildman–Crippen MR) is 76.0 cm³/mol. The van der Waals surface area contributed by atoms with Crippen molar-refractivity contribution in [2.45, 2.75) is 33.2 Å². The predicted octanol–water partition coefficient (Wildman–Crippen LogP) is 1.97. The number of esters is 1. The van der Waals surface area contributed by atoms with Crippen LogP contribution in [0, 0.1) is 17.0 Å². The second-order valence-electron chi connectivity index (χ2n) is 4.71. The molecule has 0 saturated carbocycles. The zero-order chi connectivity index (χ0) is 16.0. The van der Waals surface area contributed by atoms with E-state index in [1.807, 2.05) is 13.8 Å². The molecule has 0 bridgehead atoms. The molecule has 0 saturated heterocycles. The normalized spacial score (nSPS) is 11.6. The summed E-state index contributed by atoms with van der Waals surface area (Å²) < 4.78 is 4.84. The van der Waals surface area contributed by atoms with Gasteiger partial charge in [0.25, 0.3) is 11.6 Å². The van der Waals surface area contributed by atoms with Crippen LogP contribution in [0.4, 0.5) is 5.69 Å². The molecule has 0 aliphatic heterocycles. The van der Waals surface area contributed by atoms with Gasteiger partial charge in [0.1, 0.15) is 0 Å². The number of ether oxygens (including phenoxy) is 1. The van der Waals surface area contributed by atoms with Crippen LogP contribution in [0.15, 0.2) is 18.2 Å². The third kappa shape index (κ3) is 4.87. The maximum absolute atomic E-state index is 11.8. The number of nitrogens with zero attached hydrogens (tertiary/aromatic N) is 1. The summed E-state index contributed by atoms with van der Waals surface area (Å²) in [5.41, 5.74) is 0.336. The Kier molecular flexibility index (Phi) is 5.83. The lowest BCUT2D eigenvalue weighted by Gasteiger charge is -2.11. The van der Waals surface area contributed by atoms with Crippen molar-refractivity contribution in [1.29, 1.82) is 0 Å². The molecule has 0 aliphatic carbocycles. The first-order chi connectivity index (χ1) is 9.85. The number of rotatable bonds is 6. The zero-order valence-corrected chi connectivity index (χ0v) is 12.2. The SMILES string of the molecule is CC[C@@H](C)NC(=O)COC(=O)c1ccc(C)c([N+](=O)[O-])c1. The molecule has 0 heterocycles. The molecule has 1 N–H and O–H groups in total. The molecule has 0 spiro atoms. The summed E-state index contributed by atoms with van der Waals surface area (Å²) in [6.07, 6.45) is 0.768. The number of benzene rings is 1. The van der Waals surface area contributed by atoms with Gasteiger partial charge in [-0.1, -0.05) is 13.0 Å². The van der Waals surface area contributed by atoms with E-state index < -0.39 is 23.4 Å². The number of amides is 1. The standard InChI is InChI=1S/C14H18N2O5/c1-4-10(3)15-13(17)8-21-14(18)11-6-5-9(2)12(7-11)16(19)20/h5-7,10H,4,8H2,1-3H3,(H,15,17)/t10-/m1/s1. The van der Waals surface area contributed by atoms with Gasteiger partial charge in [-0.3, -0.25) is 14.9 Å². The van der Waals surface area contributed by atoms with Gasteiger partial charge in [0.2, 0.25) is 0 Å². The Morgan fingerprint density at radius 1 is 1.43 bits per heavy atom. The maximum Gasteiger partial charge on any atom is 0.338 e. The zero-order valence-electron chi connectivity index (χ0n) is 12.2. The molecule has 1 atom stereocenters. The molecule has 1 aromatic carbocycles. The van der Waals surface area contributed by atoms with Gasteiger partial charge in [-0.15, -0.1) is 0 Å². The fourth-order valence-electron chi connectivity index (χ4n) is 1.57. The van der Waals surface area contributed by atoms with Gasteiger partial charge >= 0.3 is 5.97 Å². The van der Waals surface area contributed by atoms with E-state index in [-0.39, 0.29) is 17.3 Å². The van der Waals surface area contributed by atoms with E-state index in [0.29, 0.717) is 5.56 Å². The Morgan fingerprint density at radius 2 is 2.10 bits per heavy atom. The van der Waals surface area contributed by atoms with E-state index in [2.05, 4.69) is 5.32 Å². The molecule has 0 radical (unpaired) electrons.